The zero-order valence-corrected chi connectivity index (χ0v) is 36.6. The van der Waals surface area contributed by atoms with Gasteiger partial charge < -0.3 is 13.9 Å². The fourth-order valence-electron chi connectivity index (χ4n) is 10.3. The Hall–Kier alpha value is -8.92. The molecule has 0 radical (unpaired) electrons. The molecule has 0 N–H and O–H groups in total. The van der Waals surface area contributed by atoms with Gasteiger partial charge in [-0.15, -0.1) is 0 Å². The molecule has 0 bridgehead atoms. The normalized spacial score (nSPS) is 11.6. The molecule has 3 nitrogen and oxygen atoms in total. The Bertz CT molecular complexity index is 3950. The molecule has 0 saturated heterocycles. The predicted molar refractivity (Wildman–Crippen MR) is 282 cm³/mol. The molecular weight excluding hydrogens is 813 g/mol. The number of hydrogen-bond donors (Lipinski definition) is 0. The number of furan rings is 1. The summed E-state index contributed by atoms with van der Waals surface area (Å²) in [6.45, 7) is 0. The quantitative estimate of drug-likeness (QED) is 0.152. The van der Waals surface area contributed by atoms with Crippen molar-refractivity contribution in [3.05, 3.63) is 255 Å². The van der Waals surface area contributed by atoms with E-state index in [2.05, 4.69) is 258 Å². The largest absolute Gasteiger partial charge is 0.455 e. The highest BCUT2D eigenvalue weighted by Gasteiger charge is 2.22. The van der Waals surface area contributed by atoms with E-state index < -0.39 is 0 Å². The van der Waals surface area contributed by atoms with E-state index in [4.69, 9.17) is 4.42 Å². The average Bonchev–Trinajstić information content (AvgIpc) is 3.95. The Morgan fingerprint density at radius 3 is 1.69 bits per heavy atom. The van der Waals surface area contributed by atoms with Gasteiger partial charge in [-0.3, -0.25) is 0 Å². The van der Waals surface area contributed by atoms with Crippen LogP contribution in [-0.4, -0.2) is 4.57 Å². The number of fused-ring (bicyclic) bond motifs is 7. The van der Waals surface area contributed by atoms with Crippen LogP contribution in [-0.2, 0) is 0 Å². The number of aromatic nitrogens is 1. The van der Waals surface area contributed by atoms with Crippen molar-refractivity contribution >= 4 is 71.6 Å². The molecule has 0 fully saturated rings. The monoisotopic (exact) mass is 854 g/mol. The second-order valence-electron chi connectivity index (χ2n) is 17.2. The van der Waals surface area contributed by atoms with Crippen molar-refractivity contribution in [2.45, 2.75) is 0 Å². The molecule has 2 aromatic heterocycles. The molecule has 0 saturated carbocycles. The van der Waals surface area contributed by atoms with Gasteiger partial charge in [-0.2, -0.15) is 0 Å². The van der Waals surface area contributed by atoms with Gasteiger partial charge in [0.2, 0.25) is 0 Å². The highest BCUT2D eigenvalue weighted by molar-refractivity contribution is 6.12. The molecule has 2 heterocycles. The predicted octanol–water partition coefficient (Wildman–Crippen LogP) is 18.0. The van der Waals surface area contributed by atoms with Crippen LogP contribution in [0, 0.1) is 0 Å². The first-order chi connectivity index (χ1) is 33.2. The summed E-state index contributed by atoms with van der Waals surface area (Å²) < 4.78 is 9.07. The van der Waals surface area contributed by atoms with Gasteiger partial charge in [-0.25, -0.2) is 0 Å². The lowest BCUT2D eigenvalue weighted by atomic mass is 9.96. The Labute approximate surface area is 388 Å². The van der Waals surface area contributed by atoms with Gasteiger partial charge in [0.25, 0.3) is 0 Å². The van der Waals surface area contributed by atoms with Crippen LogP contribution in [0.4, 0.5) is 17.1 Å². The molecule has 0 unspecified atom stereocenters. The summed E-state index contributed by atoms with van der Waals surface area (Å²) in [7, 11) is 0. The van der Waals surface area contributed by atoms with E-state index in [0.29, 0.717) is 0 Å². The summed E-state index contributed by atoms with van der Waals surface area (Å²) in [6.07, 6.45) is 0. The molecule has 0 aliphatic rings. The Balaban J connectivity index is 0.941. The first kappa shape index (κ1) is 38.5. The molecule has 67 heavy (non-hydrogen) atoms. The molecule has 0 aliphatic heterocycles. The number of hydrogen-bond acceptors (Lipinski definition) is 2. The molecule has 314 valence electrons. The van der Waals surface area contributed by atoms with Gasteiger partial charge >= 0.3 is 0 Å². The maximum atomic E-state index is 6.65. The summed E-state index contributed by atoms with van der Waals surface area (Å²) in [6, 6.07) is 91.9. The van der Waals surface area contributed by atoms with E-state index >= 15 is 0 Å². The zero-order chi connectivity index (χ0) is 44.3. The van der Waals surface area contributed by atoms with Gasteiger partial charge in [-0.05, 0) is 99.3 Å². The molecule has 13 rings (SSSR count). The first-order valence-corrected chi connectivity index (χ1v) is 22.9. The molecular formula is C64H42N2O. The Kier molecular flexibility index (Phi) is 9.17. The number of para-hydroxylation sites is 6. The van der Waals surface area contributed by atoms with Gasteiger partial charge in [-0.1, -0.05) is 194 Å². The standard InChI is InChI=1S/C64H42N2O/c1-2-23-50-44(17-1)18-15-29-51(50)47-21-14-22-49(42-47)65(60-33-9-6-27-55(60)57-30-16-31-58-56-28-7-12-36-63(56)67-64(57)58)48-39-37-43(38-40-48)45-19-13-20-46(41-45)52-24-3-8-32-59(52)66-61-34-10-4-25-53(61)54-26-5-11-35-62(54)66/h1-42H. The van der Waals surface area contributed by atoms with Crippen LogP contribution >= 0.6 is 0 Å². The number of rotatable bonds is 8. The lowest BCUT2D eigenvalue weighted by Gasteiger charge is -2.28. The second kappa shape index (κ2) is 16.0. The fourth-order valence-corrected chi connectivity index (χ4v) is 10.3. The highest BCUT2D eigenvalue weighted by atomic mass is 16.3. The van der Waals surface area contributed by atoms with Crippen molar-refractivity contribution in [2.75, 3.05) is 4.90 Å². The van der Waals surface area contributed by atoms with Crippen molar-refractivity contribution in [3.63, 3.8) is 0 Å². The molecule has 11 aromatic carbocycles. The van der Waals surface area contributed by atoms with Crippen LogP contribution in [0.25, 0.3) is 105 Å². The minimum atomic E-state index is 0.885. The highest BCUT2D eigenvalue weighted by Crippen LogP contribution is 2.46. The number of benzene rings is 11. The lowest BCUT2D eigenvalue weighted by molar-refractivity contribution is 0.670. The molecule has 0 spiro atoms. The first-order valence-electron chi connectivity index (χ1n) is 22.9. The topological polar surface area (TPSA) is 21.3 Å². The smallest absolute Gasteiger partial charge is 0.143 e. The third-order valence-corrected chi connectivity index (χ3v) is 13.4. The number of nitrogens with zero attached hydrogens (tertiary/aromatic N) is 2. The maximum Gasteiger partial charge on any atom is 0.143 e. The third kappa shape index (κ3) is 6.51. The van der Waals surface area contributed by atoms with E-state index in [1.54, 1.807) is 0 Å². The van der Waals surface area contributed by atoms with Crippen LogP contribution in [0.2, 0.25) is 0 Å². The molecule has 0 amide bonds. The van der Waals surface area contributed by atoms with E-state index in [0.717, 1.165) is 72.5 Å². The van der Waals surface area contributed by atoms with Crippen LogP contribution in [0.1, 0.15) is 0 Å². The Morgan fingerprint density at radius 2 is 0.866 bits per heavy atom. The average molecular weight is 855 g/mol. The zero-order valence-electron chi connectivity index (χ0n) is 36.6. The SMILES string of the molecule is c1cc(-c2ccc(N(c3cccc(-c4cccc5ccccc45)c3)c3ccccc3-c3cccc4c3oc3ccccc34)cc2)cc(-c2ccccc2-n2c3ccccc3c3ccccc32)c1. The van der Waals surface area contributed by atoms with E-state index in [9.17, 15) is 0 Å². The van der Waals surface area contributed by atoms with Crippen LogP contribution in [0.5, 0.6) is 0 Å². The summed E-state index contributed by atoms with van der Waals surface area (Å²) >= 11 is 0. The van der Waals surface area contributed by atoms with Crippen molar-refractivity contribution in [2.24, 2.45) is 0 Å². The fraction of sp³-hybridized carbons (Fsp3) is 0. The van der Waals surface area contributed by atoms with E-state index in [-0.39, 0.29) is 0 Å². The van der Waals surface area contributed by atoms with Crippen molar-refractivity contribution in [1.29, 1.82) is 0 Å². The lowest BCUT2D eigenvalue weighted by Crippen LogP contribution is -2.11. The van der Waals surface area contributed by atoms with Gasteiger partial charge in [0.1, 0.15) is 11.2 Å². The van der Waals surface area contributed by atoms with Gasteiger partial charge in [0.05, 0.1) is 22.4 Å². The van der Waals surface area contributed by atoms with E-state index in [1.165, 1.54) is 49.3 Å². The molecule has 13 aromatic rings. The summed E-state index contributed by atoms with van der Waals surface area (Å²) in [4.78, 5) is 2.40. The van der Waals surface area contributed by atoms with Crippen LogP contribution in [0.3, 0.4) is 0 Å². The molecule has 0 atom stereocenters. The Morgan fingerprint density at radius 1 is 0.313 bits per heavy atom. The minimum Gasteiger partial charge on any atom is -0.455 e. The van der Waals surface area contributed by atoms with Gasteiger partial charge in [0.15, 0.2) is 0 Å². The van der Waals surface area contributed by atoms with Gasteiger partial charge in [0, 0.05) is 49.6 Å². The van der Waals surface area contributed by atoms with Crippen molar-refractivity contribution in [3.8, 4) is 50.2 Å². The summed E-state index contributed by atoms with van der Waals surface area (Å²) in [5.41, 5.74) is 17.6. The molecule has 0 aliphatic carbocycles. The summed E-state index contributed by atoms with van der Waals surface area (Å²) in [5.74, 6) is 0. The van der Waals surface area contributed by atoms with E-state index in [1.807, 2.05) is 6.07 Å². The van der Waals surface area contributed by atoms with Crippen LogP contribution in [0.15, 0.2) is 259 Å². The van der Waals surface area contributed by atoms with Crippen molar-refractivity contribution < 1.29 is 4.42 Å². The summed E-state index contributed by atoms with van der Waals surface area (Å²) in [5, 5.41) is 7.19. The van der Waals surface area contributed by atoms with Crippen LogP contribution < -0.4 is 4.90 Å². The maximum absolute atomic E-state index is 6.65. The molecule has 3 heteroatoms. The third-order valence-electron chi connectivity index (χ3n) is 13.4. The minimum absolute atomic E-state index is 0.885. The number of anilines is 3. The second-order valence-corrected chi connectivity index (χ2v) is 17.2. The van der Waals surface area contributed by atoms with Crippen molar-refractivity contribution in [1.82, 2.24) is 4.57 Å².